The molecule has 3 aromatic rings. The number of nitrogens with zero attached hydrogens (tertiary/aromatic N) is 2. The van der Waals surface area contributed by atoms with Crippen LogP contribution in [0.15, 0.2) is 54.9 Å². The fraction of sp³-hybridized carbons (Fsp3) is 0.176. The second kappa shape index (κ2) is 6.58. The van der Waals surface area contributed by atoms with Gasteiger partial charge >= 0.3 is 0 Å². The van der Waals surface area contributed by atoms with Crippen molar-refractivity contribution >= 4 is 17.2 Å². The minimum atomic E-state index is -0.0923. The smallest absolute Gasteiger partial charge is 0.254 e. The molecular formula is C17H17N3OS. The monoisotopic (exact) mass is 311 g/mol. The van der Waals surface area contributed by atoms with Crippen LogP contribution in [-0.2, 0) is 13.1 Å². The van der Waals surface area contributed by atoms with Gasteiger partial charge in [0.15, 0.2) is 0 Å². The number of carbonyl (C=O) groups excluding carboxylic acids is 1. The zero-order chi connectivity index (χ0) is 15.4. The van der Waals surface area contributed by atoms with Crippen LogP contribution < -0.4 is 5.32 Å². The second-order valence-electron chi connectivity index (χ2n) is 5.11. The third-order valence-corrected chi connectivity index (χ3v) is 4.30. The Hall–Kier alpha value is -2.40. The van der Waals surface area contributed by atoms with Gasteiger partial charge in [-0.1, -0.05) is 30.3 Å². The Balaban J connectivity index is 1.59. The van der Waals surface area contributed by atoms with E-state index in [1.807, 2.05) is 36.4 Å². The lowest BCUT2D eigenvalue weighted by Crippen LogP contribution is -2.21. The molecule has 3 rings (SSSR count). The zero-order valence-corrected chi connectivity index (χ0v) is 13.1. The van der Waals surface area contributed by atoms with Crippen LogP contribution in [-0.4, -0.2) is 15.7 Å². The van der Waals surface area contributed by atoms with Crippen LogP contribution in [0.5, 0.6) is 0 Å². The first kappa shape index (κ1) is 14.5. The summed E-state index contributed by atoms with van der Waals surface area (Å²) in [6.07, 6.45) is 3.39. The Bertz CT molecular complexity index is 761. The lowest BCUT2D eigenvalue weighted by atomic mass is 10.2. The second-order valence-corrected chi connectivity index (χ2v) is 6.48. The van der Waals surface area contributed by atoms with E-state index >= 15 is 0 Å². The quantitative estimate of drug-likeness (QED) is 0.786. The number of amides is 1. The number of hydrogen-bond donors (Lipinski definition) is 1. The molecule has 0 aliphatic rings. The number of aryl methyl sites for hydroxylation is 1. The molecule has 0 radical (unpaired) electrons. The average molecular weight is 311 g/mol. The van der Waals surface area contributed by atoms with Crippen molar-refractivity contribution in [1.29, 1.82) is 0 Å². The van der Waals surface area contributed by atoms with Crippen LogP contribution in [0.2, 0.25) is 0 Å². The van der Waals surface area contributed by atoms with Crippen LogP contribution in [0.25, 0.3) is 0 Å². The van der Waals surface area contributed by atoms with Gasteiger partial charge in [-0.3, -0.25) is 9.48 Å². The molecule has 0 bridgehead atoms. The predicted octanol–water partition coefficient (Wildman–Crippen LogP) is 3.23. The molecule has 0 atom stereocenters. The summed E-state index contributed by atoms with van der Waals surface area (Å²) in [7, 11) is 0. The largest absolute Gasteiger partial charge is 0.347 e. The van der Waals surface area contributed by atoms with E-state index in [4.69, 9.17) is 0 Å². The van der Waals surface area contributed by atoms with Crippen molar-refractivity contribution in [2.24, 2.45) is 0 Å². The lowest BCUT2D eigenvalue weighted by Gasteiger charge is -2.02. The fourth-order valence-corrected chi connectivity index (χ4v) is 3.02. The van der Waals surface area contributed by atoms with Crippen molar-refractivity contribution in [3.8, 4) is 0 Å². The van der Waals surface area contributed by atoms with Gasteiger partial charge in [-0.05, 0) is 24.6 Å². The molecule has 0 aliphatic heterocycles. The van der Waals surface area contributed by atoms with Gasteiger partial charge < -0.3 is 5.32 Å². The van der Waals surface area contributed by atoms with E-state index in [0.717, 1.165) is 10.4 Å². The molecule has 1 N–H and O–H groups in total. The van der Waals surface area contributed by atoms with Crippen molar-refractivity contribution < 1.29 is 4.79 Å². The number of aromatic nitrogens is 2. The number of hydrogen-bond acceptors (Lipinski definition) is 3. The normalized spacial score (nSPS) is 10.6. The molecule has 2 aromatic heterocycles. The Morgan fingerprint density at radius 3 is 2.77 bits per heavy atom. The van der Waals surface area contributed by atoms with E-state index in [2.05, 4.69) is 23.4 Å². The molecule has 0 fully saturated rings. The standard InChI is InChI=1S/C17H17N3OS/c1-13-7-8-16(22-13)10-18-17(21)15-9-19-20(12-15)11-14-5-3-2-4-6-14/h2-9,12H,10-11H2,1H3,(H,18,21). The summed E-state index contributed by atoms with van der Waals surface area (Å²) in [6.45, 7) is 3.28. The molecule has 0 aliphatic carbocycles. The molecular weight excluding hydrogens is 294 g/mol. The van der Waals surface area contributed by atoms with E-state index in [1.54, 1.807) is 28.4 Å². The van der Waals surface area contributed by atoms with E-state index < -0.39 is 0 Å². The SMILES string of the molecule is Cc1ccc(CNC(=O)c2cnn(Cc3ccccc3)c2)s1. The first-order chi connectivity index (χ1) is 10.7. The maximum Gasteiger partial charge on any atom is 0.254 e. The van der Waals surface area contributed by atoms with Crippen LogP contribution >= 0.6 is 11.3 Å². The third kappa shape index (κ3) is 3.62. The summed E-state index contributed by atoms with van der Waals surface area (Å²) in [5, 5.41) is 7.17. The van der Waals surface area contributed by atoms with Gasteiger partial charge in [0.05, 0.1) is 24.8 Å². The van der Waals surface area contributed by atoms with Crippen LogP contribution in [0.3, 0.4) is 0 Å². The Labute approximate surface area is 133 Å². The maximum absolute atomic E-state index is 12.1. The predicted molar refractivity (Wildman–Crippen MR) is 88.0 cm³/mol. The highest BCUT2D eigenvalue weighted by atomic mass is 32.1. The summed E-state index contributed by atoms with van der Waals surface area (Å²) in [5.74, 6) is -0.0923. The van der Waals surface area contributed by atoms with Crippen molar-refractivity contribution in [1.82, 2.24) is 15.1 Å². The molecule has 1 amide bonds. The fourth-order valence-electron chi connectivity index (χ4n) is 2.19. The summed E-state index contributed by atoms with van der Waals surface area (Å²) in [4.78, 5) is 14.5. The van der Waals surface area contributed by atoms with Gasteiger partial charge in [0.25, 0.3) is 5.91 Å². The number of thiophene rings is 1. The zero-order valence-electron chi connectivity index (χ0n) is 12.3. The highest BCUT2D eigenvalue weighted by molar-refractivity contribution is 7.11. The van der Waals surface area contributed by atoms with Crippen molar-refractivity contribution in [2.45, 2.75) is 20.0 Å². The highest BCUT2D eigenvalue weighted by Crippen LogP contribution is 2.14. The maximum atomic E-state index is 12.1. The van der Waals surface area contributed by atoms with Gasteiger partial charge in [0.2, 0.25) is 0 Å². The van der Waals surface area contributed by atoms with Gasteiger partial charge in [-0.2, -0.15) is 5.10 Å². The summed E-state index contributed by atoms with van der Waals surface area (Å²) < 4.78 is 1.78. The molecule has 2 heterocycles. The van der Waals surface area contributed by atoms with E-state index in [1.165, 1.54) is 4.88 Å². The van der Waals surface area contributed by atoms with Crippen molar-refractivity contribution in [2.75, 3.05) is 0 Å². The van der Waals surface area contributed by atoms with Crippen LogP contribution in [0.1, 0.15) is 25.7 Å². The molecule has 22 heavy (non-hydrogen) atoms. The highest BCUT2D eigenvalue weighted by Gasteiger charge is 2.09. The van der Waals surface area contributed by atoms with Crippen LogP contribution in [0, 0.1) is 6.92 Å². The molecule has 0 spiro atoms. The summed E-state index contributed by atoms with van der Waals surface area (Å²) in [6, 6.07) is 14.2. The molecule has 112 valence electrons. The van der Waals surface area contributed by atoms with E-state index in [0.29, 0.717) is 18.7 Å². The molecule has 1 aromatic carbocycles. The van der Waals surface area contributed by atoms with Gasteiger partial charge in [-0.25, -0.2) is 0 Å². The van der Waals surface area contributed by atoms with Crippen molar-refractivity contribution in [3.05, 3.63) is 75.7 Å². The Morgan fingerprint density at radius 2 is 2.05 bits per heavy atom. The molecule has 4 nitrogen and oxygen atoms in total. The number of rotatable bonds is 5. The third-order valence-electron chi connectivity index (χ3n) is 3.30. The van der Waals surface area contributed by atoms with Crippen LogP contribution in [0.4, 0.5) is 0 Å². The number of carbonyl (C=O) groups is 1. The van der Waals surface area contributed by atoms with Gasteiger partial charge in [0.1, 0.15) is 0 Å². The number of nitrogens with one attached hydrogen (secondary N) is 1. The molecule has 0 saturated heterocycles. The average Bonchev–Trinajstić information content (AvgIpc) is 3.15. The van der Waals surface area contributed by atoms with Gasteiger partial charge in [-0.15, -0.1) is 11.3 Å². The molecule has 0 unspecified atom stereocenters. The molecule has 0 saturated carbocycles. The topological polar surface area (TPSA) is 46.9 Å². The van der Waals surface area contributed by atoms with E-state index in [-0.39, 0.29) is 5.91 Å². The Kier molecular flexibility index (Phi) is 4.34. The van der Waals surface area contributed by atoms with E-state index in [9.17, 15) is 4.79 Å². The first-order valence-corrected chi connectivity index (χ1v) is 7.92. The number of benzene rings is 1. The van der Waals surface area contributed by atoms with Gasteiger partial charge in [0, 0.05) is 16.0 Å². The Morgan fingerprint density at radius 1 is 1.23 bits per heavy atom. The summed E-state index contributed by atoms with van der Waals surface area (Å²) >= 11 is 1.70. The van der Waals surface area contributed by atoms with Crippen molar-refractivity contribution in [3.63, 3.8) is 0 Å². The first-order valence-electron chi connectivity index (χ1n) is 7.10. The minimum Gasteiger partial charge on any atom is -0.347 e. The molecule has 5 heteroatoms. The summed E-state index contributed by atoms with van der Waals surface area (Å²) in [5.41, 5.74) is 1.75. The lowest BCUT2D eigenvalue weighted by molar-refractivity contribution is 0.0951. The minimum absolute atomic E-state index is 0.0923.